The normalized spacial score (nSPS) is 10.3. The minimum Gasteiger partial charge on any atom is -0.396 e. The zero-order chi connectivity index (χ0) is 15.4. The monoisotopic (exact) mass is 309 g/mol. The van der Waals surface area contributed by atoms with Gasteiger partial charge in [0.2, 0.25) is 5.91 Å². The molecule has 1 amide bonds. The quantitative estimate of drug-likeness (QED) is 0.376. The minimum atomic E-state index is -0.552. The molecule has 110 valence electrons. The predicted octanol–water partition coefficient (Wildman–Crippen LogP) is 0.804. The van der Waals surface area contributed by atoms with Gasteiger partial charge in [0.05, 0.1) is 11.4 Å². The fourth-order valence-electron chi connectivity index (χ4n) is 1.47. The molecular weight excluding hydrogens is 297 g/mol. The van der Waals surface area contributed by atoms with E-state index in [4.69, 9.17) is 11.5 Å². The van der Waals surface area contributed by atoms with Crippen molar-refractivity contribution in [2.45, 2.75) is 5.16 Å². The number of aromatic amines is 1. The summed E-state index contributed by atoms with van der Waals surface area (Å²) in [4.78, 5) is 29.2. The lowest BCUT2D eigenvalue weighted by Crippen LogP contribution is -2.16. The van der Waals surface area contributed by atoms with Crippen molar-refractivity contribution in [1.82, 2.24) is 9.97 Å². The number of hydrogen-bond donors (Lipinski definition) is 4. The van der Waals surface area contributed by atoms with Crippen molar-refractivity contribution in [2.75, 3.05) is 22.5 Å². The van der Waals surface area contributed by atoms with Crippen LogP contribution in [0.2, 0.25) is 0 Å². The molecule has 1 heterocycles. The smallest absolute Gasteiger partial charge is 0.253 e. The summed E-state index contributed by atoms with van der Waals surface area (Å²) in [6.45, 7) is 0. The van der Waals surface area contributed by atoms with Gasteiger partial charge in [0, 0.05) is 11.8 Å². The topological polar surface area (TPSA) is 127 Å². The number of aromatic nitrogens is 2. The first kappa shape index (κ1) is 14.9. The molecule has 0 radical (unpaired) electrons. The number of nitrogens with two attached hydrogens (primary N) is 2. The van der Waals surface area contributed by atoms with Gasteiger partial charge in [-0.05, 0) is 18.2 Å². The molecule has 21 heavy (non-hydrogen) atoms. The second kappa shape index (κ2) is 6.27. The SMILES string of the molecule is Nc1cc(=O)[nH]c(SCC(=O)Nc2ccc(F)c(N)c2)n1. The average Bonchev–Trinajstić information content (AvgIpc) is 2.40. The van der Waals surface area contributed by atoms with Crippen LogP contribution >= 0.6 is 11.8 Å². The zero-order valence-electron chi connectivity index (χ0n) is 10.7. The highest BCUT2D eigenvalue weighted by atomic mass is 32.2. The maximum absolute atomic E-state index is 13.0. The van der Waals surface area contributed by atoms with E-state index in [0.717, 1.165) is 23.9 Å². The lowest BCUT2D eigenvalue weighted by molar-refractivity contribution is -0.113. The van der Waals surface area contributed by atoms with Crippen LogP contribution < -0.4 is 22.3 Å². The molecule has 0 aliphatic heterocycles. The first-order valence-electron chi connectivity index (χ1n) is 5.78. The Hall–Kier alpha value is -2.55. The lowest BCUT2D eigenvalue weighted by Gasteiger charge is -2.06. The van der Waals surface area contributed by atoms with Crippen LogP contribution in [0, 0.1) is 5.82 Å². The zero-order valence-corrected chi connectivity index (χ0v) is 11.5. The maximum Gasteiger partial charge on any atom is 0.253 e. The molecule has 2 rings (SSSR count). The van der Waals surface area contributed by atoms with E-state index in [1.165, 1.54) is 12.1 Å². The Morgan fingerprint density at radius 2 is 2.14 bits per heavy atom. The minimum absolute atomic E-state index is 0.00365. The third-order valence-electron chi connectivity index (χ3n) is 2.36. The largest absolute Gasteiger partial charge is 0.396 e. The van der Waals surface area contributed by atoms with Crippen molar-refractivity contribution < 1.29 is 9.18 Å². The number of benzene rings is 1. The summed E-state index contributed by atoms with van der Waals surface area (Å²) in [5.41, 5.74) is 10.8. The molecule has 0 unspecified atom stereocenters. The molecule has 9 heteroatoms. The van der Waals surface area contributed by atoms with Crippen LogP contribution in [0.4, 0.5) is 21.6 Å². The van der Waals surface area contributed by atoms with E-state index in [2.05, 4.69) is 15.3 Å². The van der Waals surface area contributed by atoms with E-state index in [0.29, 0.717) is 5.69 Å². The van der Waals surface area contributed by atoms with Gasteiger partial charge in [0.25, 0.3) is 5.56 Å². The number of nitrogens with zero attached hydrogens (tertiary/aromatic N) is 1. The Morgan fingerprint density at radius 3 is 2.81 bits per heavy atom. The molecule has 0 bridgehead atoms. The number of hydrogen-bond acceptors (Lipinski definition) is 6. The van der Waals surface area contributed by atoms with Crippen molar-refractivity contribution in [2.24, 2.45) is 0 Å². The molecule has 0 spiro atoms. The number of thioether (sulfide) groups is 1. The number of rotatable bonds is 4. The van der Waals surface area contributed by atoms with Crippen molar-refractivity contribution in [3.8, 4) is 0 Å². The molecule has 0 fully saturated rings. The highest BCUT2D eigenvalue weighted by Crippen LogP contribution is 2.17. The highest BCUT2D eigenvalue weighted by Gasteiger charge is 2.07. The second-order valence-electron chi connectivity index (χ2n) is 4.05. The predicted molar refractivity (Wildman–Crippen MR) is 79.4 cm³/mol. The molecule has 7 nitrogen and oxygen atoms in total. The van der Waals surface area contributed by atoms with Gasteiger partial charge < -0.3 is 21.8 Å². The molecule has 2 aromatic rings. The van der Waals surface area contributed by atoms with Gasteiger partial charge in [-0.25, -0.2) is 9.37 Å². The summed E-state index contributed by atoms with van der Waals surface area (Å²) in [5, 5.41) is 2.80. The first-order valence-corrected chi connectivity index (χ1v) is 6.77. The molecule has 0 aliphatic rings. The van der Waals surface area contributed by atoms with Crippen LogP contribution in [-0.4, -0.2) is 21.6 Å². The number of halogens is 1. The maximum atomic E-state index is 13.0. The average molecular weight is 309 g/mol. The second-order valence-corrected chi connectivity index (χ2v) is 5.01. The van der Waals surface area contributed by atoms with Crippen molar-refractivity contribution >= 4 is 34.9 Å². The third kappa shape index (κ3) is 4.21. The molecule has 1 aromatic carbocycles. The molecular formula is C12H12FN5O2S. The van der Waals surface area contributed by atoms with Crippen molar-refractivity contribution in [3.05, 3.63) is 40.4 Å². The number of carbonyl (C=O) groups excluding carboxylic acids is 1. The number of amides is 1. The Morgan fingerprint density at radius 1 is 1.38 bits per heavy atom. The number of nitrogens with one attached hydrogen (secondary N) is 2. The number of nitrogen functional groups attached to an aromatic ring is 2. The van der Waals surface area contributed by atoms with E-state index >= 15 is 0 Å². The number of H-pyrrole nitrogens is 1. The Bertz CT molecular complexity index is 734. The Balaban J connectivity index is 1.95. The summed E-state index contributed by atoms with van der Waals surface area (Å²) in [6.07, 6.45) is 0. The van der Waals surface area contributed by atoms with Crippen LogP contribution in [0.5, 0.6) is 0 Å². The van der Waals surface area contributed by atoms with Crippen molar-refractivity contribution in [3.63, 3.8) is 0 Å². The first-order chi connectivity index (χ1) is 9.94. The number of anilines is 3. The molecule has 0 atom stereocenters. The van der Waals surface area contributed by atoms with Crippen LogP contribution in [0.15, 0.2) is 34.2 Å². The Kier molecular flexibility index (Phi) is 4.43. The van der Waals surface area contributed by atoms with Crippen LogP contribution in [0.25, 0.3) is 0 Å². The summed E-state index contributed by atoms with van der Waals surface area (Å²) in [5.74, 6) is -0.822. The van der Waals surface area contributed by atoms with Gasteiger partial charge in [-0.2, -0.15) is 0 Å². The Labute approximate surface area is 122 Å². The van der Waals surface area contributed by atoms with Gasteiger partial charge in [0.15, 0.2) is 5.16 Å². The summed E-state index contributed by atoms with van der Waals surface area (Å²) in [6, 6.07) is 5.02. The fraction of sp³-hybridized carbons (Fsp3) is 0.0833. The molecule has 0 saturated heterocycles. The van der Waals surface area contributed by atoms with Gasteiger partial charge in [-0.3, -0.25) is 9.59 Å². The third-order valence-corrected chi connectivity index (χ3v) is 3.23. The van der Waals surface area contributed by atoms with Crippen molar-refractivity contribution in [1.29, 1.82) is 0 Å². The summed E-state index contributed by atoms with van der Waals surface area (Å²) in [7, 11) is 0. The van der Waals surface area contributed by atoms with Crippen LogP contribution in [0.3, 0.4) is 0 Å². The standard InChI is InChI=1S/C12H12FN5O2S/c13-7-2-1-6(3-8(7)14)16-11(20)5-21-12-17-9(15)4-10(19)18-12/h1-4H,5,14H2,(H,16,20)(H3,15,17,18,19). The van der Waals surface area contributed by atoms with E-state index < -0.39 is 11.4 Å². The molecule has 6 N–H and O–H groups in total. The fourth-order valence-corrected chi connectivity index (χ4v) is 2.16. The van der Waals surface area contributed by atoms with Gasteiger partial charge in [-0.1, -0.05) is 11.8 Å². The lowest BCUT2D eigenvalue weighted by atomic mass is 10.2. The van der Waals surface area contributed by atoms with Gasteiger partial charge in [0.1, 0.15) is 11.6 Å². The summed E-state index contributed by atoms with van der Waals surface area (Å²) < 4.78 is 13.0. The number of carbonyl (C=O) groups is 1. The van der Waals surface area contributed by atoms with Crippen LogP contribution in [-0.2, 0) is 4.79 Å². The van der Waals surface area contributed by atoms with Crippen LogP contribution in [0.1, 0.15) is 0 Å². The van der Waals surface area contributed by atoms with E-state index in [-0.39, 0.29) is 28.3 Å². The molecule has 0 aliphatic carbocycles. The van der Waals surface area contributed by atoms with Gasteiger partial charge >= 0.3 is 0 Å². The van der Waals surface area contributed by atoms with E-state index in [1.807, 2.05) is 0 Å². The van der Waals surface area contributed by atoms with E-state index in [9.17, 15) is 14.0 Å². The van der Waals surface area contributed by atoms with E-state index in [1.54, 1.807) is 0 Å². The highest BCUT2D eigenvalue weighted by molar-refractivity contribution is 7.99. The molecule has 0 saturated carbocycles. The summed E-state index contributed by atoms with van der Waals surface area (Å²) >= 11 is 1.02. The van der Waals surface area contributed by atoms with Gasteiger partial charge in [-0.15, -0.1) is 0 Å². The molecule has 1 aromatic heterocycles.